The van der Waals surface area contributed by atoms with Gasteiger partial charge in [0.05, 0.1) is 30.1 Å². The van der Waals surface area contributed by atoms with E-state index in [0.717, 1.165) is 4.88 Å². The van der Waals surface area contributed by atoms with E-state index in [1.165, 1.54) is 11.3 Å². The van der Waals surface area contributed by atoms with Gasteiger partial charge >= 0.3 is 12.1 Å². The third-order valence-electron chi connectivity index (χ3n) is 3.36. The van der Waals surface area contributed by atoms with E-state index in [9.17, 15) is 18.0 Å². The molecule has 1 fully saturated rings. The van der Waals surface area contributed by atoms with Crippen LogP contribution in [-0.2, 0) is 22.3 Å². The maximum atomic E-state index is 12.4. The zero-order chi connectivity index (χ0) is 16.7. The van der Waals surface area contributed by atoms with Crippen LogP contribution in [0.5, 0.6) is 0 Å². The SMILES string of the molecule is CC1(C(=O)NCc2ccc(-c3noc(C(F)(F)F)n3)s2)COC1. The third kappa shape index (κ3) is 3.22. The first kappa shape index (κ1) is 15.9. The highest BCUT2D eigenvalue weighted by atomic mass is 32.1. The summed E-state index contributed by atoms with van der Waals surface area (Å²) in [5, 5.41) is 6.11. The first-order valence-electron chi connectivity index (χ1n) is 6.64. The van der Waals surface area contributed by atoms with Gasteiger partial charge in [0.25, 0.3) is 0 Å². The molecule has 0 radical (unpaired) electrons. The summed E-state index contributed by atoms with van der Waals surface area (Å²) in [7, 11) is 0. The van der Waals surface area contributed by atoms with E-state index in [0.29, 0.717) is 18.1 Å². The molecule has 0 spiro atoms. The van der Waals surface area contributed by atoms with Crippen LogP contribution in [0.15, 0.2) is 16.7 Å². The summed E-state index contributed by atoms with van der Waals surface area (Å²) >= 11 is 1.19. The van der Waals surface area contributed by atoms with E-state index in [-0.39, 0.29) is 18.3 Å². The Kier molecular flexibility index (Phi) is 3.88. The van der Waals surface area contributed by atoms with Crippen LogP contribution in [0.3, 0.4) is 0 Å². The second-order valence-corrected chi connectivity index (χ2v) is 6.59. The Morgan fingerprint density at radius 1 is 1.43 bits per heavy atom. The third-order valence-corrected chi connectivity index (χ3v) is 4.44. The summed E-state index contributed by atoms with van der Waals surface area (Å²) in [4.78, 5) is 16.5. The molecule has 2 aromatic heterocycles. The fraction of sp³-hybridized carbons (Fsp3) is 0.462. The molecule has 124 valence electrons. The lowest BCUT2D eigenvalue weighted by molar-refractivity contribution is -0.159. The van der Waals surface area contributed by atoms with Gasteiger partial charge in [-0.2, -0.15) is 18.2 Å². The van der Waals surface area contributed by atoms with Crippen molar-refractivity contribution in [3.05, 3.63) is 22.9 Å². The van der Waals surface area contributed by atoms with Gasteiger partial charge in [-0.1, -0.05) is 5.16 Å². The number of rotatable bonds is 4. The highest BCUT2D eigenvalue weighted by molar-refractivity contribution is 7.15. The van der Waals surface area contributed by atoms with Crippen molar-refractivity contribution in [2.24, 2.45) is 5.41 Å². The highest BCUT2D eigenvalue weighted by Crippen LogP contribution is 2.32. The van der Waals surface area contributed by atoms with E-state index < -0.39 is 17.5 Å². The van der Waals surface area contributed by atoms with Gasteiger partial charge in [0.1, 0.15) is 0 Å². The Bertz CT molecular complexity index is 721. The Morgan fingerprint density at radius 3 is 2.74 bits per heavy atom. The van der Waals surface area contributed by atoms with Crippen molar-refractivity contribution in [1.82, 2.24) is 15.5 Å². The molecular weight excluding hydrogens is 335 g/mol. The predicted octanol–water partition coefficient (Wildman–Crippen LogP) is 2.47. The summed E-state index contributed by atoms with van der Waals surface area (Å²) in [6.45, 7) is 2.86. The monoisotopic (exact) mass is 347 g/mol. The van der Waals surface area contributed by atoms with Crippen LogP contribution in [0.25, 0.3) is 10.7 Å². The molecule has 0 unspecified atom stereocenters. The van der Waals surface area contributed by atoms with Gasteiger partial charge in [-0.3, -0.25) is 4.79 Å². The van der Waals surface area contributed by atoms with Crippen LogP contribution < -0.4 is 5.32 Å². The normalized spacial score (nSPS) is 16.9. The van der Waals surface area contributed by atoms with E-state index in [1.807, 2.05) is 6.92 Å². The van der Waals surface area contributed by atoms with Crippen molar-refractivity contribution in [3.8, 4) is 10.7 Å². The summed E-state index contributed by atoms with van der Waals surface area (Å²) < 4.78 is 46.5. The molecule has 1 N–H and O–H groups in total. The molecule has 10 heteroatoms. The lowest BCUT2D eigenvalue weighted by Gasteiger charge is -2.36. The second-order valence-electron chi connectivity index (χ2n) is 5.42. The minimum absolute atomic E-state index is 0.113. The minimum atomic E-state index is -4.67. The maximum Gasteiger partial charge on any atom is 0.471 e. The van der Waals surface area contributed by atoms with E-state index >= 15 is 0 Å². The number of thiophene rings is 1. The summed E-state index contributed by atoms with van der Waals surface area (Å²) in [5.41, 5.74) is -0.505. The second kappa shape index (κ2) is 5.60. The van der Waals surface area contributed by atoms with Crippen molar-refractivity contribution in [2.45, 2.75) is 19.6 Å². The van der Waals surface area contributed by atoms with Crippen LogP contribution in [-0.4, -0.2) is 29.3 Å². The summed E-state index contributed by atoms with van der Waals surface area (Å²) in [5.74, 6) is -1.62. The van der Waals surface area contributed by atoms with E-state index in [1.54, 1.807) is 12.1 Å². The lowest BCUT2D eigenvalue weighted by atomic mass is 9.88. The first-order valence-corrected chi connectivity index (χ1v) is 7.46. The van der Waals surface area contributed by atoms with Gasteiger partial charge < -0.3 is 14.6 Å². The molecule has 0 aromatic carbocycles. The molecule has 0 atom stereocenters. The molecule has 0 bridgehead atoms. The van der Waals surface area contributed by atoms with Gasteiger partial charge in [0, 0.05) is 4.88 Å². The molecule has 1 saturated heterocycles. The van der Waals surface area contributed by atoms with Crippen molar-refractivity contribution in [1.29, 1.82) is 0 Å². The number of nitrogens with one attached hydrogen (secondary N) is 1. The Hall–Kier alpha value is -1.94. The first-order chi connectivity index (χ1) is 10.8. The van der Waals surface area contributed by atoms with Gasteiger partial charge in [-0.05, 0) is 19.1 Å². The topological polar surface area (TPSA) is 77.3 Å². The Balaban J connectivity index is 1.64. The van der Waals surface area contributed by atoms with Gasteiger partial charge in [-0.25, -0.2) is 0 Å². The molecule has 3 heterocycles. The quantitative estimate of drug-likeness (QED) is 0.919. The van der Waals surface area contributed by atoms with Crippen LogP contribution in [0, 0.1) is 5.41 Å². The lowest BCUT2D eigenvalue weighted by Crippen LogP contribution is -2.51. The molecular formula is C13H12F3N3O3S. The number of amides is 1. The smallest absolute Gasteiger partial charge is 0.379 e. The van der Waals surface area contributed by atoms with Crippen molar-refractivity contribution in [3.63, 3.8) is 0 Å². The Morgan fingerprint density at radius 2 is 2.17 bits per heavy atom. The zero-order valence-corrected chi connectivity index (χ0v) is 12.8. The average Bonchev–Trinajstić information content (AvgIpc) is 3.09. The Labute approximate surface area is 132 Å². The van der Waals surface area contributed by atoms with E-state index in [4.69, 9.17) is 4.74 Å². The highest BCUT2D eigenvalue weighted by Gasteiger charge is 2.41. The largest absolute Gasteiger partial charge is 0.471 e. The van der Waals surface area contributed by atoms with E-state index in [2.05, 4.69) is 20.0 Å². The number of carbonyl (C=O) groups is 1. The van der Waals surface area contributed by atoms with Crippen molar-refractivity contribution >= 4 is 17.2 Å². The van der Waals surface area contributed by atoms with Crippen LogP contribution >= 0.6 is 11.3 Å². The molecule has 23 heavy (non-hydrogen) atoms. The molecule has 6 nitrogen and oxygen atoms in total. The number of hydrogen-bond acceptors (Lipinski definition) is 6. The number of carbonyl (C=O) groups excluding carboxylic acids is 1. The standard InChI is InChI=1S/C13H12F3N3O3S/c1-12(5-21-6-12)10(20)17-4-7-2-3-8(23-7)9-18-11(22-19-9)13(14,15)16/h2-3H,4-6H2,1H3,(H,17,20). The van der Waals surface area contributed by atoms with Crippen LogP contribution in [0.1, 0.15) is 17.7 Å². The van der Waals surface area contributed by atoms with Crippen LogP contribution in [0.2, 0.25) is 0 Å². The van der Waals surface area contributed by atoms with Crippen molar-refractivity contribution < 1.29 is 27.2 Å². The number of aromatic nitrogens is 2. The summed E-state index contributed by atoms with van der Waals surface area (Å²) in [6, 6.07) is 3.29. The number of halogens is 3. The summed E-state index contributed by atoms with van der Waals surface area (Å²) in [6.07, 6.45) is -4.67. The number of alkyl halides is 3. The average molecular weight is 347 g/mol. The zero-order valence-electron chi connectivity index (χ0n) is 11.9. The van der Waals surface area contributed by atoms with Gasteiger partial charge in [0.15, 0.2) is 0 Å². The van der Waals surface area contributed by atoms with Gasteiger partial charge in [0.2, 0.25) is 11.7 Å². The molecule has 1 aliphatic heterocycles. The molecule has 0 saturated carbocycles. The molecule has 1 aliphatic rings. The minimum Gasteiger partial charge on any atom is -0.379 e. The maximum absolute atomic E-state index is 12.4. The van der Waals surface area contributed by atoms with Crippen LogP contribution in [0.4, 0.5) is 13.2 Å². The molecule has 0 aliphatic carbocycles. The molecule has 3 rings (SSSR count). The van der Waals surface area contributed by atoms with Crippen molar-refractivity contribution in [2.75, 3.05) is 13.2 Å². The number of ether oxygens (including phenoxy) is 1. The van der Waals surface area contributed by atoms with Gasteiger partial charge in [-0.15, -0.1) is 11.3 Å². The number of hydrogen-bond donors (Lipinski definition) is 1. The fourth-order valence-corrected chi connectivity index (χ4v) is 2.83. The number of nitrogens with zero attached hydrogens (tertiary/aromatic N) is 2. The molecule has 1 amide bonds. The molecule has 2 aromatic rings. The predicted molar refractivity (Wildman–Crippen MR) is 73.4 cm³/mol. The fourth-order valence-electron chi connectivity index (χ4n) is 1.95.